The number of carbonyl (C=O) groups is 1. The van der Waals surface area contributed by atoms with E-state index in [-0.39, 0.29) is 5.91 Å². The fourth-order valence-corrected chi connectivity index (χ4v) is 4.36. The fraction of sp³-hybridized carbons (Fsp3) is 0.261. The van der Waals surface area contributed by atoms with Crippen molar-refractivity contribution in [2.75, 3.05) is 23.3 Å². The lowest BCUT2D eigenvalue weighted by atomic mass is 10.1. The van der Waals surface area contributed by atoms with Crippen molar-refractivity contribution in [2.24, 2.45) is 0 Å². The van der Waals surface area contributed by atoms with Crippen LogP contribution in [0.2, 0.25) is 0 Å². The first-order chi connectivity index (χ1) is 14.5. The lowest BCUT2D eigenvalue weighted by Crippen LogP contribution is -2.54. The van der Waals surface area contributed by atoms with Gasteiger partial charge in [-0.05, 0) is 78.9 Å². The second-order valence-corrected chi connectivity index (χ2v) is 8.80. The van der Waals surface area contributed by atoms with Crippen molar-refractivity contribution >= 4 is 40.0 Å². The number of carbonyl (C=O) groups excluding carboxylic acids is 1. The summed E-state index contributed by atoms with van der Waals surface area (Å²) in [7, 11) is 0. The van der Waals surface area contributed by atoms with Crippen molar-refractivity contribution in [1.82, 2.24) is 15.3 Å². The minimum absolute atomic E-state index is 0.177. The summed E-state index contributed by atoms with van der Waals surface area (Å²) in [4.78, 5) is 24.0. The van der Waals surface area contributed by atoms with Crippen LogP contribution in [0, 0.1) is 3.57 Å². The molecule has 1 aliphatic rings. The molecule has 3 aromatic rings. The highest BCUT2D eigenvalue weighted by Crippen LogP contribution is 2.27. The number of halogens is 1. The monoisotopic (exact) mass is 513 g/mol. The van der Waals surface area contributed by atoms with E-state index in [0.717, 1.165) is 39.4 Å². The largest absolute Gasteiger partial charge is 0.354 e. The Kier molecular flexibility index (Phi) is 6.29. The number of nitrogens with zero attached hydrogens (tertiary/aromatic N) is 3. The zero-order chi connectivity index (χ0) is 21.1. The maximum atomic E-state index is 12.7. The molecule has 30 heavy (non-hydrogen) atoms. The smallest absolute Gasteiger partial charge is 0.257 e. The molecule has 0 spiro atoms. The number of benzene rings is 1. The van der Waals surface area contributed by atoms with Gasteiger partial charge in [0.2, 0.25) is 0 Å². The molecule has 1 aromatic carbocycles. The number of anilines is 2. The molecular weight excluding hydrogens is 489 g/mol. The van der Waals surface area contributed by atoms with E-state index in [2.05, 4.69) is 61.9 Å². The van der Waals surface area contributed by atoms with E-state index in [0.29, 0.717) is 17.6 Å². The van der Waals surface area contributed by atoms with Crippen LogP contribution in [0.4, 0.5) is 11.5 Å². The van der Waals surface area contributed by atoms with Crippen molar-refractivity contribution < 1.29 is 4.79 Å². The summed E-state index contributed by atoms with van der Waals surface area (Å²) in [6.07, 6.45) is 3.41. The number of hydrogen-bond donors (Lipinski definition) is 2. The molecule has 2 atom stereocenters. The van der Waals surface area contributed by atoms with Crippen LogP contribution in [0.3, 0.4) is 0 Å². The Balaban J connectivity index is 1.48. The van der Waals surface area contributed by atoms with Gasteiger partial charge in [0.05, 0.1) is 11.3 Å². The molecule has 0 radical (unpaired) electrons. The maximum Gasteiger partial charge on any atom is 0.257 e. The van der Waals surface area contributed by atoms with Crippen LogP contribution in [0.1, 0.15) is 24.2 Å². The zero-order valence-electron chi connectivity index (χ0n) is 17.0. The van der Waals surface area contributed by atoms with Gasteiger partial charge in [0, 0.05) is 52.4 Å². The molecule has 4 rings (SSSR count). The predicted molar refractivity (Wildman–Crippen MR) is 129 cm³/mol. The first kappa shape index (κ1) is 20.7. The first-order valence-electron chi connectivity index (χ1n) is 9.99. The molecule has 154 valence electrons. The summed E-state index contributed by atoms with van der Waals surface area (Å²) in [5, 5.41) is 6.49. The van der Waals surface area contributed by atoms with Gasteiger partial charge < -0.3 is 15.5 Å². The lowest BCUT2D eigenvalue weighted by molar-refractivity contribution is 0.102. The summed E-state index contributed by atoms with van der Waals surface area (Å²) >= 11 is 2.28. The highest BCUT2D eigenvalue weighted by atomic mass is 127. The number of hydrogen-bond acceptors (Lipinski definition) is 5. The van der Waals surface area contributed by atoms with Crippen LogP contribution < -0.4 is 15.5 Å². The van der Waals surface area contributed by atoms with Crippen molar-refractivity contribution in [3.8, 4) is 11.3 Å². The van der Waals surface area contributed by atoms with Gasteiger partial charge in [-0.25, -0.2) is 4.98 Å². The fourth-order valence-electron chi connectivity index (χ4n) is 3.75. The lowest BCUT2D eigenvalue weighted by Gasteiger charge is -2.36. The highest BCUT2D eigenvalue weighted by molar-refractivity contribution is 14.1. The molecule has 3 heterocycles. The molecule has 0 unspecified atom stereocenters. The Morgan fingerprint density at radius 2 is 1.90 bits per heavy atom. The normalized spacial score (nSPS) is 18.8. The quantitative estimate of drug-likeness (QED) is 0.513. The standard InChI is InChI=1S/C23H24IN5O/c1-15-13-29(14-16(2)27-15)22-9-6-17(12-26-22)23(30)28-18-7-8-20(24)19(11-18)21-5-3-4-10-25-21/h3-12,15-16,27H,13-14H2,1-2H3,(H,28,30)/t15-,16+. The van der Waals surface area contributed by atoms with Gasteiger partial charge in [-0.2, -0.15) is 0 Å². The number of pyridine rings is 2. The van der Waals surface area contributed by atoms with E-state index >= 15 is 0 Å². The molecular formula is C23H24IN5O. The second kappa shape index (κ2) is 9.09. The van der Waals surface area contributed by atoms with Crippen LogP contribution in [0.15, 0.2) is 60.9 Å². The van der Waals surface area contributed by atoms with E-state index in [1.807, 2.05) is 48.5 Å². The molecule has 1 aliphatic heterocycles. The van der Waals surface area contributed by atoms with Crippen molar-refractivity contribution in [1.29, 1.82) is 0 Å². The van der Waals surface area contributed by atoms with Gasteiger partial charge >= 0.3 is 0 Å². The van der Waals surface area contributed by atoms with Gasteiger partial charge in [0.15, 0.2) is 0 Å². The third kappa shape index (κ3) is 4.79. The van der Waals surface area contributed by atoms with Gasteiger partial charge in [0.25, 0.3) is 5.91 Å². The molecule has 0 bridgehead atoms. The molecule has 1 saturated heterocycles. The summed E-state index contributed by atoms with van der Waals surface area (Å²) in [5.41, 5.74) is 3.13. The number of amides is 1. The van der Waals surface area contributed by atoms with Gasteiger partial charge in [0.1, 0.15) is 5.82 Å². The SMILES string of the molecule is C[C@@H]1CN(c2ccc(C(=O)Nc3ccc(I)c(-c4ccccn4)c3)cn2)C[C@H](C)N1. The third-order valence-electron chi connectivity index (χ3n) is 5.06. The number of nitrogens with one attached hydrogen (secondary N) is 2. The number of piperazine rings is 1. The van der Waals surface area contributed by atoms with E-state index < -0.39 is 0 Å². The Bertz CT molecular complexity index is 1020. The summed E-state index contributed by atoms with van der Waals surface area (Å²) in [5.74, 6) is 0.725. The molecule has 2 aromatic heterocycles. The Labute approximate surface area is 190 Å². The summed E-state index contributed by atoms with van der Waals surface area (Å²) in [6.45, 7) is 6.15. The second-order valence-electron chi connectivity index (χ2n) is 7.64. The van der Waals surface area contributed by atoms with Crippen molar-refractivity contribution in [2.45, 2.75) is 25.9 Å². The molecule has 7 heteroatoms. The van der Waals surface area contributed by atoms with E-state index in [4.69, 9.17) is 0 Å². The van der Waals surface area contributed by atoms with Crippen LogP contribution in [0.25, 0.3) is 11.3 Å². The predicted octanol–water partition coefficient (Wildman–Crippen LogP) is 4.19. The number of rotatable bonds is 4. The number of aromatic nitrogens is 2. The zero-order valence-corrected chi connectivity index (χ0v) is 19.1. The minimum Gasteiger partial charge on any atom is -0.354 e. The average molecular weight is 513 g/mol. The average Bonchev–Trinajstić information content (AvgIpc) is 2.75. The molecule has 1 fully saturated rings. The van der Waals surface area contributed by atoms with Crippen LogP contribution in [0.5, 0.6) is 0 Å². The molecule has 6 nitrogen and oxygen atoms in total. The molecule has 0 aliphatic carbocycles. The van der Waals surface area contributed by atoms with Crippen LogP contribution >= 0.6 is 22.6 Å². The Morgan fingerprint density at radius 1 is 1.10 bits per heavy atom. The summed E-state index contributed by atoms with van der Waals surface area (Å²) < 4.78 is 1.08. The topological polar surface area (TPSA) is 70.2 Å². The summed E-state index contributed by atoms with van der Waals surface area (Å²) in [6, 6.07) is 16.2. The Hall–Kier alpha value is -2.52. The highest BCUT2D eigenvalue weighted by Gasteiger charge is 2.22. The third-order valence-corrected chi connectivity index (χ3v) is 6.00. The molecule has 1 amide bonds. The van der Waals surface area contributed by atoms with Crippen molar-refractivity contribution in [3.05, 3.63) is 70.1 Å². The van der Waals surface area contributed by atoms with E-state index in [1.165, 1.54) is 0 Å². The van der Waals surface area contributed by atoms with Crippen molar-refractivity contribution in [3.63, 3.8) is 0 Å². The van der Waals surface area contributed by atoms with E-state index in [9.17, 15) is 4.79 Å². The van der Waals surface area contributed by atoms with Gasteiger partial charge in [-0.15, -0.1) is 0 Å². The molecule has 0 saturated carbocycles. The Morgan fingerprint density at radius 3 is 2.57 bits per heavy atom. The maximum absolute atomic E-state index is 12.7. The first-order valence-corrected chi connectivity index (χ1v) is 11.1. The van der Waals surface area contributed by atoms with Gasteiger partial charge in [-0.1, -0.05) is 6.07 Å². The molecule has 2 N–H and O–H groups in total. The van der Waals surface area contributed by atoms with Gasteiger partial charge in [-0.3, -0.25) is 9.78 Å². The van der Waals surface area contributed by atoms with Crippen LogP contribution in [-0.4, -0.2) is 41.0 Å². The van der Waals surface area contributed by atoms with Crippen LogP contribution in [-0.2, 0) is 0 Å². The minimum atomic E-state index is -0.177. The van der Waals surface area contributed by atoms with E-state index in [1.54, 1.807) is 12.4 Å².